The Labute approximate surface area is 162 Å². The van der Waals surface area contributed by atoms with Crippen LogP contribution in [0.15, 0.2) is 73.7 Å². The van der Waals surface area contributed by atoms with Crippen LogP contribution >= 0.6 is 15.9 Å². The highest BCUT2D eigenvalue weighted by Crippen LogP contribution is 2.35. The minimum atomic E-state index is -0.121. The Bertz CT molecular complexity index is 1350. The number of H-pyrrole nitrogens is 1. The first-order chi connectivity index (χ1) is 13.0. The van der Waals surface area contributed by atoms with Crippen molar-refractivity contribution in [3.63, 3.8) is 0 Å². The van der Waals surface area contributed by atoms with E-state index in [-0.39, 0.29) is 11.3 Å². The van der Waals surface area contributed by atoms with Crippen LogP contribution in [0, 0.1) is 0 Å². The van der Waals surface area contributed by atoms with Crippen LogP contribution in [0.25, 0.3) is 27.5 Å². The van der Waals surface area contributed by atoms with Crippen LogP contribution in [0.3, 0.4) is 0 Å². The lowest BCUT2D eigenvalue weighted by atomic mass is 10.2. The minimum absolute atomic E-state index is 0.0970. The molecule has 0 aliphatic carbocycles. The van der Waals surface area contributed by atoms with Crippen molar-refractivity contribution < 1.29 is 4.79 Å². The Kier molecular flexibility index (Phi) is 4.24. The van der Waals surface area contributed by atoms with E-state index in [1.807, 2.05) is 36.4 Å². The van der Waals surface area contributed by atoms with E-state index in [1.54, 1.807) is 17.4 Å². The highest BCUT2D eigenvalue weighted by molar-refractivity contribution is 9.10. The maximum absolute atomic E-state index is 13.1. The lowest BCUT2D eigenvalue weighted by Gasteiger charge is -2.01. The number of hydrogen-bond acceptors (Lipinski definition) is 4. The van der Waals surface area contributed by atoms with E-state index in [4.69, 9.17) is 0 Å². The molecule has 0 radical (unpaired) electrons. The molecule has 134 valence electrons. The predicted molar refractivity (Wildman–Crippen MR) is 110 cm³/mol. The maximum Gasteiger partial charge on any atom is 0.266 e. The molecule has 0 bridgehead atoms. The van der Waals surface area contributed by atoms with Gasteiger partial charge < -0.3 is 4.98 Å². The Morgan fingerprint density at radius 1 is 1.15 bits per heavy atom. The second kappa shape index (κ2) is 6.59. The number of allylic oxidation sites excluding steroid dienone is 2. The molecule has 0 saturated heterocycles. The zero-order valence-electron chi connectivity index (χ0n) is 14.7. The number of hydrogen-bond donors (Lipinski definition) is 1. The minimum Gasteiger partial charge on any atom is -0.339 e. The van der Waals surface area contributed by atoms with E-state index in [1.165, 1.54) is 13.0 Å². The smallest absolute Gasteiger partial charge is 0.266 e. The molecule has 0 spiro atoms. The Morgan fingerprint density at radius 2 is 1.93 bits per heavy atom. The molecule has 1 N–H and O–H groups in total. The van der Waals surface area contributed by atoms with Gasteiger partial charge in [0.05, 0.1) is 22.1 Å². The van der Waals surface area contributed by atoms with Gasteiger partial charge in [-0.05, 0) is 44.2 Å². The average Bonchev–Trinajstić information content (AvgIpc) is 2.92. The molecule has 27 heavy (non-hydrogen) atoms. The molecular weight excluding hydrogens is 408 g/mol. The van der Waals surface area contributed by atoms with Crippen molar-refractivity contribution in [3.8, 4) is 0 Å². The van der Waals surface area contributed by atoms with Crippen LogP contribution in [0.5, 0.6) is 0 Å². The molecule has 0 aliphatic heterocycles. The highest BCUT2D eigenvalue weighted by Gasteiger charge is 2.16. The average molecular weight is 423 g/mol. The van der Waals surface area contributed by atoms with Gasteiger partial charge in [0.25, 0.3) is 5.56 Å². The van der Waals surface area contributed by atoms with Crippen molar-refractivity contribution in [2.24, 2.45) is 10.2 Å². The first-order valence-corrected chi connectivity index (χ1v) is 9.10. The zero-order chi connectivity index (χ0) is 19.1. The normalized spacial score (nSPS) is 12.6. The first-order valence-electron chi connectivity index (χ1n) is 8.31. The third kappa shape index (κ3) is 3.00. The van der Waals surface area contributed by atoms with Crippen molar-refractivity contribution in [2.75, 3.05) is 0 Å². The van der Waals surface area contributed by atoms with E-state index >= 15 is 0 Å². The van der Waals surface area contributed by atoms with Crippen LogP contribution in [0.2, 0.25) is 0 Å². The van der Waals surface area contributed by atoms with E-state index in [0.29, 0.717) is 22.4 Å². The lowest BCUT2D eigenvalue weighted by molar-refractivity contribution is -0.112. The van der Waals surface area contributed by atoms with Crippen LogP contribution in [0.1, 0.15) is 13.8 Å². The van der Waals surface area contributed by atoms with Crippen molar-refractivity contribution in [1.82, 2.24) is 9.38 Å². The summed E-state index contributed by atoms with van der Waals surface area (Å²) in [7, 11) is 0. The summed E-state index contributed by atoms with van der Waals surface area (Å²) in [5.74, 6) is -0.0970. The summed E-state index contributed by atoms with van der Waals surface area (Å²) in [6, 6.07) is 13.0. The van der Waals surface area contributed by atoms with E-state index in [0.717, 1.165) is 20.9 Å². The Hall–Kier alpha value is -3.06. The number of aromatic amines is 1. The number of nitrogens with one attached hydrogen (secondary N) is 1. The van der Waals surface area contributed by atoms with Crippen molar-refractivity contribution in [3.05, 3.63) is 69.1 Å². The van der Waals surface area contributed by atoms with Gasteiger partial charge in [-0.25, -0.2) is 0 Å². The number of nitrogens with zero attached hydrogens (tertiary/aromatic N) is 3. The molecule has 0 atom stereocenters. The van der Waals surface area contributed by atoms with Gasteiger partial charge in [-0.3, -0.25) is 14.0 Å². The van der Waals surface area contributed by atoms with Gasteiger partial charge >= 0.3 is 0 Å². The summed E-state index contributed by atoms with van der Waals surface area (Å²) in [4.78, 5) is 27.6. The molecule has 0 unspecified atom stereocenters. The summed E-state index contributed by atoms with van der Waals surface area (Å²) < 4.78 is 2.48. The molecule has 2 aromatic heterocycles. The largest absolute Gasteiger partial charge is 0.339 e. The molecule has 4 aromatic rings. The highest BCUT2D eigenvalue weighted by atomic mass is 79.9. The number of fused-ring (bicyclic) bond motifs is 4. The molecule has 0 fully saturated rings. The van der Waals surface area contributed by atoms with E-state index in [9.17, 15) is 9.59 Å². The summed E-state index contributed by atoms with van der Waals surface area (Å²) in [5.41, 5.74) is 2.94. The Balaban J connectivity index is 2.12. The molecule has 2 heterocycles. The summed E-state index contributed by atoms with van der Waals surface area (Å²) in [6.45, 7) is 3.17. The Morgan fingerprint density at radius 3 is 2.70 bits per heavy atom. The van der Waals surface area contributed by atoms with Crippen LogP contribution in [0.4, 0.5) is 5.69 Å². The number of carbonyl (C=O) groups excluding carboxylic acids is 1. The quantitative estimate of drug-likeness (QED) is 0.360. The molecule has 6 nitrogen and oxygen atoms in total. The van der Waals surface area contributed by atoms with E-state index < -0.39 is 0 Å². The van der Waals surface area contributed by atoms with Crippen LogP contribution in [-0.4, -0.2) is 15.2 Å². The third-order valence-electron chi connectivity index (χ3n) is 4.24. The molecule has 7 heteroatoms. The number of para-hydroxylation sites is 1. The van der Waals surface area contributed by atoms with Gasteiger partial charge in [-0.15, -0.1) is 5.11 Å². The van der Waals surface area contributed by atoms with Crippen molar-refractivity contribution in [2.45, 2.75) is 13.8 Å². The molecule has 0 aliphatic rings. The number of benzene rings is 2. The number of halogens is 1. The number of aromatic nitrogens is 2. The molecular formula is C20H15BrN4O2. The number of azo groups is 1. The molecule has 4 rings (SSSR count). The summed E-state index contributed by atoms with van der Waals surface area (Å²) in [6.07, 6.45) is 1.41. The standard InChI is InChI=1S/C20H15BrN4O2/c1-11(9-12(2)26)23-24-18-15-10-13(21)7-8-17(15)25-19(18)22-16-6-4-3-5-14(16)20(25)27/h3-10,22H,1-2H3/b11-9-,24-23?. The monoisotopic (exact) mass is 422 g/mol. The SMILES string of the molecule is CC(=O)/C=C(/C)N=Nc1c2cc(Br)ccc2n2c(=O)c3ccccc3[nH]c12. The lowest BCUT2D eigenvalue weighted by Crippen LogP contribution is -2.13. The van der Waals surface area contributed by atoms with Gasteiger partial charge in [0.1, 0.15) is 11.3 Å². The molecule has 0 amide bonds. The van der Waals surface area contributed by atoms with Gasteiger partial charge in [-0.2, -0.15) is 5.11 Å². The van der Waals surface area contributed by atoms with Gasteiger partial charge in [-0.1, -0.05) is 28.1 Å². The van der Waals surface area contributed by atoms with Crippen molar-refractivity contribution in [1.29, 1.82) is 0 Å². The van der Waals surface area contributed by atoms with Gasteiger partial charge in [0, 0.05) is 15.9 Å². The number of ketones is 1. The predicted octanol–water partition coefficient (Wildman–Crippen LogP) is 5.27. The van der Waals surface area contributed by atoms with Gasteiger partial charge in [0.15, 0.2) is 5.78 Å². The van der Waals surface area contributed by atoms with Crippen LogP contribution in [-0.2, 0) is 4.79 Å². The van der Waals surface area contributed by atoms with E-state index in [2.05, 4.69) is 31.1 Å². The third-order valence-corrected chi connectivity index (χ3v) is 4.73. The second-order valence-corrected chi connectivity index (χ2v) is 7.18. The van der Waals surface area contributed by atoms with Gasteiger partial charge in [0.2, 0.25) is 0 Å². The summed E-state index contributed by atoms with van der Waals surface area (Å²) >= 11 is 3.47. The summed E-state index contributed by atoms with van der Waals surface area (Å²) in [5, 5.41) is 9.90. The van der Waals surface area contributed by atoms with Crippen LogP contribution < -0.4 is 5.56 Å². The number of rotatable bonds is 3. The molecule has 0 saturated carbocycles. The number of carbonyl (C=O) groups is 1. The molecule has 2 aromatic carbocycles. The first kappa shape index (κ1) is 17.4. The maximum atomic E-state index is 13.1. The zero-order valence-corrected chi connectivity index (χ0v) is 16.2. The fraction of sp³-hybridized carbons (Fsp3) is 0.100. The topological polar surface area (TPSA) is 79.1 Å². The van der Waals surface area contributed by atoms with Crippen molar-refractivity contribution >= 4 is 54.9 Å². The second-order valence-electron chi connectivity index (χ2n) is 6.27. The fourth-order valence-electron chi connectivity index (χ4n) is 3.15. The fourth-order valence-corrected chi connectivity index (χ4v) is 3.51.